The largest absolute Gasteiger partial charge is 0.416 e. The maximum atomic E-state index is 13.3. The van der Waals surface area contributed by atoms with E-state index in [0.717, 1.165) is 5.56 Å². The number of halogens is 6. The molecule has 1 unspecified atom stereocenters. The van der Waals surface area contributed by atoms with Gasteiger partial charge in [-0.2, -0.15) is 26.3 Å². The molecule has 198 valence electrons. The number of hydrogen-bond acceptors (Lipinski definition) is 3. The summed E-state index contributed by atoms with van der Waals surface area (Å²) in [5.74, 6) is -0.335. The molecule has 10 heteroatoms. The average Bonchev–Trinajstić information content (AvgIpc) is 2.78. The molecule has 2 aromatic carbocycles. The minimum Gasteiger partial charge on any atom is -0.373 e. The quantitative estimate of drug-likeness (QED) is 0.423. The lowest BCUT2D eigenvalue weighted by Gasteiger charge is -2.55. The molecule has 36 heavy (non-hydrogen) atoms. The molecule has 3 N–H and O–H groups in total. The van der Waals surface area contributed by atoms with Crippen molar-refractivity contribution in [3.63, 3.8) is 0 Å². The Hall–Kier alpha value is -2.59. The summed E-state index contributed by atoms with van der Waals surface area (Å²) in [5, 5.41) is 2.83. The fourth-order valence-corrected chi connectivity index (χ4v) is 4.66. The highest BCUT2D eigenvalue weighted by Crippen LogP contribution is 2.50. The number of rotatable bonds is 8. The van der Waals surface area contributed by atoms with Gasteiger partial charge in [-0.25, -0.2) is 0 Å². The highest BCUT2D eigenvalue weighted by Gasteiger charge is 2.53. The van der Waals surface area contributed by atoms with Crippen LogP contribution in [0.15, 0.2) is 48.5 Å². The van der Waals surface area contributed by atoms with E-state index in [1.807, 2.05) is 30.3 Å². The van der Waals surface area contributed by atoms with Crippen LogP contribution in [0.25, 0.3) is 0 Å². The zero-order valence-corrected chi connectivity index (χ0v) is 20.3. The Bertz CT molecular complexity index is 1030. The Morgan fingerprint density at radius 2 is 1.50 bits per heavy atom. The van der Waals surface area contributed by atoms with Gasteiger partial charge in [0, 0.05) is 23.4 Å². The summed E-state index contributed by atoms with van der Waals surface area (Å²) in [4.78, 5) is 12.0. The molecule has 3 rings (SSSR count). The Labute approximate surface area is 206 Å². The molecule has 0 saturated heterocycles. The highest BCUT2D eigenvalue weighted by atomic mass is 19.4. The first kappa shape index (κ1) is 28.0. The zero-order valence-electron chi connectivity index (χ0n) is 20.3. The standard InChI is InChI=1S/C26H30F6N2O2/c1-16(2)22(35)34-14-24(33)12-23(13-24,19-7-5-4-6-8-19)15-36-17(3)18-9-20(25(27,28)29)11-21(10-18)26(30,31)32/h4-11,16-17H,12-15,33H2,1-3H3,(H,34,35). The second kappa shape index (κ2) is 10.0. The third kappa shape index (κ3) is 6.39. The molecule has 0 heterocycles. The van der Waals surface area contributed by atoms with Gasteiger partial charge in [-0.1, -0.05) is 44.2 Å². The summed E-state index contributed by atoms with van der Waals surface area (Å²) in [7, 11) is 0. The normalized spacial score (nSPS) is 23.3. The number of amides is 1. The van der Waals surface area contributed by atoms with E-state index in [-0.39, 0.29) is 36.6 Å². The lowest BCUT2D eigenvalue weighted by molar-refractivity contribution is -0.143. The number of carbonyl (C=O) groups excluding carboxylic acids is 1. The van der Waals surface area contributed by atoms with Crippen molar-refractivity contribution in [1.82, 2.24) is 5.32 Å². The predicted octanol–water partition coefficient (Wildman–Crippen LogP) is 6.00. The molecule has 1 amide bonds. The van der Waals surface area contributed by atoms with Gasteiger partial charge in [0.15, 0.2) is 0 Å². The van der Waals surface area contributed by atoms with E-state index in [1.165, 1.54) is 6.92 Å². The van der Waals surface area contributed by atoms with Crippen molar-refractivity contribution in [2.24, 2.45) is 11.7 Å². The van der Waals surface area contributed by atoms with Gasteiger partial charge in [-0.05, 0) is 49.1 Å². The molecule has 0 radical (unpaired) electrons. The number of hydrogen-bond donors (Lipinski definition) is 2. The maximum absolute atomic E-state index is 13.3. The van der Waals surface area contributed by atoms with Gasteiger partial charge in [-0.3, -0.25) is 4.79 Å². The number of alkyl halides is 6. The van der Waals surface area contributed by atoms with Gasteiger partial charge >= 0.3 is 12.4 Å². The molecule has 0 spiro atoms. The van der Waals surface area contributed by atoms with Crippen LogP contribution in [0.5, 0.6) is 0 Å². The van der Waals surface area contributed by atoms with Crippen LogP contribution in [0.4, 0.5) is 26.3 Å². The maximum Gasteiger partial charge on any atom is 0.416 e. The molecule has 2 aromatic rings. The van der Waals surface area contributed by atoms with Crippen molar-refractivity contribution in [2.75, 3.05) is 13.2 Å². The van der Waals surface area contributed by atoms with Gasteiger partial charge in [0.05, 0.1) is 23.8 Å². The van der Waals surface area contributed by atoms with Crippen LogP contribution < -0.4 is 11.1 Å². The van der Waals surface area contributed by atoms with E-state index in [2.05, 4.69) is 5.32 Å². The van der Waals surface area contributed by atoms with Crippen molar-refractivity contribution >= 4 is 5.91 Å². The minimum atomic E-state index is -4.94. The van der Waals surface area contributed by atoms with Crippen LogP contribution in [0, 0.1) is 5.92 Å². The summed E-state index contributed by atoms with van der Waals surface area (Å²) in [6.45, 7) is 5.23. The molecule has 0 bridgehead atoms. The van der Waals surface area contributed by atoms with Gasteiger partial charge < -0.3 is 15.8 Å². The smallest absolute Gasteiger partial charge is 0.373 e. The molecular formula is C26H30F6N2O2. The molecule has 0 aliphatic heterocycles. The van der Waals surface area contributed by atoms with Gasteiger partial charge in [0.1, 0.15) is 0 Å². The summed E-state index contributed by atoms with van der Waals surface area (Å²) in [6, 6.07) is 10.7. The topological polar surface area (TPSA) is 64.4 Å². The SMILES string of the molecule is CC(C)C(=O)NCC1(N)CC(COC(C)c2cc(C(F)(F)F)cc(C(F)(F)F)c2)(c2ccccc2)C1. The third-order valence-electron chi connectivity index (χ3n) is 6.60. The van der Waals surface area contributed by atoms with Crippen molar-refractivity contribution < 1.29 is 35.9 Å². The van der Waals surface area contributed by atoms with Gasteiger partial charge in [0.25, 0.3) is 0 Å². The first-order chi connectivity index (χ1) is 16.5. The van der Waals surface area contributed by atoms with Crippen LogP contribution in [-0.4, -0.2) is 24.6 Å². The minimum absolute atomic E-state index is 0.0346. The third-order valence-corrected chi connectivity index (χ3v) is 6.60. The molecule has 1 fully saturated rings. The summed E-state index contributed by atoms with van der Waals surface area (Å²) < 4.78 is 85.5. The zero-order chi connectivity index (χ0) is 26.9. The van der Waals surface area contributed by atoms with Crippen molar-refractivity contribution in [2.45, 2.75) is 63.0 Å². The average molecular weight is 517 g/mol. The van der Waals surface area contributed by atoms with E-state index in [0.29, 0.717) is 25.0 Å². The number of nitrogens with one attached hydrogen (secondary N) is 1. The Morgan fingerprint density at radius 1 is 0.972 bits per heavy atom. The lowest BCUT2D eigenvalue weighted by atomic mass is 9.55. The van der Waals surface area contributed by atoms with E-state index < -0.39 is 40.5 Å². The molecule has 4 nitrogen and oxygen atoms in total. The molecule has 1 aliphatic rings. The van der Waals surface area contributed by atoms with E-state index in [4.69, 9.17) is 10.5 Å². The Balaban J connectivity index is 1.81. The second-order valence-electron chi connectivity index (χ2n) is 10.0. The monoisotopic (exact) mass is 516 g/mol. The summed E-state index contributed by atoms with van der Waals surface area (Å²) in [6.07, 6.45) is -10.1. The molecule has 0 aromatic heterocycles. The summed E-state index contributed by atoms with van der Waals surface area (Å²) >= 11 is 0. The predicted molar refractivity (Wildman–Crippen MR) is 123 cm³/mol. The van der Waals surface area contributed by atoms with E-state index in [1.54, 1.807) is 13.8 Å². The molecular weight excluding hydrogens is 486 g/mol. The fraction of sp³-hybridized carbons (Fsp3) is 0.500. The van der Waals surface area contributed by atoms with Crippen LogP contribution in [-0.2, 0) is 27.3 Å². The van der Waals surface area contributed by atoms with Crippen molar-refractivity contribution in [3.8, 4) is 0 Å². The van der Waals surface area contributed by atoms with Gasteiger partial charge in [0.2, 0.25) is 5.91 Å². The molecule has 1 saturated carbocycles. The number of ether oxygens (including phenoxy) is 1. The van der Waals surface area contributed by atoms with E-state index >= 15 is 0 Å². The lowest BCUT2D eigenvalue weighted by Crippen LogP contribution is -2.66. The number of nitrogens with two attached hydrogens (primary N) is 1. The van der Waals surface area contributed by atoms with Gasteiger partial charge in [-0.15, -0.1) is 0 Å². The van der Waals surface area contributed by atoms with E-state index in [9.17, 15) is 31.1 Å². The number of carbonyl (C=O) groups is 1. The summed E-state index contributed by atoms with van der Waals surface area (Å²) in [5.41, 5.74) is 3.10. The van der Waals surface area contributed by atoms with Crippen LogP contribution in [0.3, 0.4) is 0 Å². The van der Waals surface area contributed by atoms with Crippen LogP contribution in [0.1, 0.15) is 62.0 Å². The Kier molecular flexibility index (Phi) is 7.81. The molecule has 1 aliphatic carbocycles. The van der Waals surface area contributed by atoms with Crippen molar-refractivity contribution in [3.05, 3.63) is 70.8 Å². The van der Waals surface area contributed by atoms with Crippen molar-refractivity contribution in [1.29, 1.82) is 0 Å². The van der Waals surface area contributed by atoms with Crippen LogP contribution in [0.2, 0.25) is 0 Å². The fourth-order valence-electron chi connectivity index (χ4n) is 4.66. The Morgan fingerprint density at radius 3 is 1.97 bits per heavy atom. The number of benzene rings is 2. The van der Waals surface area contributed by atoms with Crippen LogP contribution >= 0.6 is 0 Å². The highest BCUT2D eigenvalue weighted by molar-refractivity contribution is 5.77. The molecule has 1 atom stereocenters. The first-order valence-corrected chi connectivity index (χ1v) is 11.6. The second-order valence-corrected chi connectivity index (χ2v) is 10.0. The first-order valence-electron chi connectivity index (χ1n) is 11.6.